The first kappa shape index (κ1) is 16.7. The van der Waals surface area contributed by atoms with Crippen molar-refractivity contribution >= 4 is 17.5 Å². The molecule has 0 spiro atoms. The summed E-state index contributed by atoms with van der Waals surface area (Å²) < 4.78 is 16.7. The average Bonchev–Trinajstić information content (AvgIpc) is 3.15. The maximum atomic E-state index is 12.4. The maximum absolute atomic E-state index is 12.4. The number of nitrogens with zero attached hydrogens (tertiary/aromatic N) is 2. The van der Waals surface area contributed by atoms with E-state index >= 15 is 0 Å². The van der Waals surface area contributed by atoms with E-state index in [4.69, 9.17) is 13.9 Å². The number of aromatic nitrogens is 2. The Balaban J connectivity index is 1.43. The molecule has 2 heterocycles. The number of ether oxygens (including phenoxy) is 2. The van der Waals surface area contributed by atoms with Crippen molar-refractivity contribution in [3.63, 3.8) is 0 Å². The molecule has 0 bridgehead atoms. The molecule has 26 heavy (non-hydrogen) atoms. The number of ketones is 1. The Morgan fingerprint density at radius 1 is 1.08 bits per heavy atom. The van der Waals surface area contributed by atoms with E-state index in [1.165, 1.54) is 11.8 Å². The fourth-order valence-electron chi connectivity index (χ4n) is 2.62. The van der Waals surface area contributed by atoms with Crippen molar-refractivity contribution in [1.82, 2.24) is 10.2 Å². The number of fused-ring (bicyclic) bond motifs is 1. The highest BCUT2D eigenvalue weighted by molar-refractivity contribution is 7.99. The predicted molar refractivity (Wildman–Crippen MR) is 97.0 cm³/mol. The van der Waals surface area contributed by atoms with Crippen LogP contribution in [-0.4, -0.2) is 34.9 Å². The number of thioether (sulfide) groups is 1. The van der Waals surface area contributed by atoms with E-state index in [-0.39, 0.29) is 11.5 Å². The van der Waals surface area contributed by atoms with Gasteiger partial charge in [0.15, 0.2) is 17.3 Å². The standard InChI is InChI=1S/C19H16N2O4S/c1-12-4-2-3-5-14(12)18-20-21-19(25-18)26-11-15(22)13-6-7-16-17(10-13)24-9-8-23-16/h2-7,10H,8-9,11H2,1H3. The minimum Gasteiger partial charge on any atom is -0.486 e. The van der Waals surface area contributed by atoms with Crippen LogP contribution in [0.25, 0.3) is 11.5 Å². The van der Waals surface area contributed by atoms with Crippen LogP contribution < -0.4 is 9.47 Å². The average molecular weight is 368 g/mol. The molecule has 0 saturated carbocycles. The number of aryl methyl sites for hydroxylation is 1. The van der Waals surface area contributed by atoms with Crippen LogP contribution in [0.5, 0.6) is 11.5 Å². The normalized spacial score (nSPS) is 12.8. The molecule has 4 rings (SSSR count). The van der Waals surface area contributed by atoms with Gasteiger partial charge in [-0.05, 0) is 36.8 Å². The van der Waals surface area contributed by atoms with E-state index in [2.05, 4.69) is 10.2 Å². The van der Waals surface area contributed by atoms with Gasteiger partial charge in [-0.3, -0.25) is 4.79 Å². The van der Waals surface area contributed by atoms with Crippen molar-refractivity contribution < 1.29 is 18.7 Å². The van der Waals surface area contributed by atoms with Crippen LogP contribution in [0.3, 0.4) is 0 Å². The highest BCUT2D eigenvalue weighted by Crippen LogP contribution is 2.31. The monoisotopic (exact) mass is 368 g/mol. The fraction of sp³-hybridized carbons (Fsp3) is 0.211. The summed E-state index contributed by atoms with van der Waals surface area (Å²) in [6.45, 7) is 3.00. The zero-order valence-electron chi connectivity index (χ0n) is 14.1. The zero-order chi connectivity index (χ0) is 17.9. The third kappa shape index (κ3) is 3.43. The van der Waals surface area contributed by atoms with Crippen molar-refractivity contribution in [2.45, 2.75) is 12.1 Å². The first-order valence-electron chi connectivity index (χ1n) is 8.16. The first-order chi connectivity index (χ1) is 12.7. The second kappa shape index (κ2) is 7.21. The summed E-state index contributed by atoms with van der Waals surface area (Å²) in [5, 5.41) is 8.46. The zero-order valence-corrected chi connectivity index (χ0v) is 14.9. The summed E-state index contributed by atoms with van der Waals surface area (Å²) in [7, 11) is 0. The van der Waals surface area contributed by atoms with E-state index in [1.807, 2.05) is 31.2 Å². The van der Waals surface area contributed by atoms with Crippen molar-refractivity contribution in [1.29, 1.82) is 0 Å². The largest absolute Gasteiger partial charge is 0.486 e. The van der Waals surface area contributed by atoms with Gasteiger partial charge in [-0.25, -0.2) is 0 Å². The maximum Gasteiger partial charge on any atom is 0.277 e. The Bertz CT molecular complexity index is 954. The Morgan fingerprint density at radius 2 is 1.88 bits per heavy atom. The molecule has 6 nitrogen and oxygen atoms in total. The van der Waals surface area contributed by atoms with Gasteiger partial charge in [-0.15, -0.1) is 10.2 Å². The smallest absolute Gasteiger partial charge is 0.277 e. The number of rotatable bonds is 5. The molecule has 0 fully saturated rings. The number of carbonyl (C=O) groups excluding carboxylic acids is 1. The summed E-state index contributed by atoms with van der Waals surface area (Å²) in [5.74, 6) is 1.89. The van der Waals surface area contributed by atoms with Gasteiger partial charge in [-0.1, -0.05) is 30.0 Å². The van der Waals surface area contributed by atoms with Crippen LogP contribution in [0, 0.1) is 6.92 Å². The van der Waals surface area contributed by atoms with Gasteiger partial charge >= 0.3 is 0 Å². The van der Waals surface area contributed by atoms with Crippen LogP contribution in [-0.2, 0) is 0 Å². The number of carbonyl (C=O) groups is 1. The SMILES string of the molecule is Cc1ccccc1-c1nnc(SCC(=O)c2ccc3c(c2)OCCO3)o1. The second-order valence-corrected chi connectivity index (χ2v) is 6.68. The summed E-state index contributed by atoms with van der Waals surface area (Å²) in [6, 6.07) is 13.0. The van der Waals surface area contributed by atoms with Crippen molar-refractivity contribution in [2.24, 2.45) is 0 Å². The van der Waals surface area contributed by atoms with E-state index in [0.717, 1.165) is 11.1 Å². The summed E-state index contributed by atoms with van der Waals surface area (Å²) in [6.07, 6.45) is 0. The molecule has 0 amide bonds. The molecule has 0 radical (unpaired) electrons. The molecule has 0 N–H and O–H groups in total. The molecule has 0 saturated heterocycles. The van der Waals surface area contributed by atoms with Crippen molar-refractivity contribution in [2.75, 3.05) is 19.0 Å². The van der Waals surface area contributed by atoms with E-state index < -0.39 is 0 Å². The highest BCUT2D eigenvalue weighted by Gasteiger charge is 2.17. The molecular formula is C19H16N2O4S. The molecule has 0 unspecified atom stereocenters. The fourth-order valence-corrected chi connectivity index (χ4v) is 3.27. The molecule has 2 aromatic carbocycles. The Labute approximate surface area is 154 Å². The topological polar surface area (TPSA) is 74.5 Å². The van der Waals surface area contributed by atoms with Gasteiger partial charge in [0, 0.05) is 11.1 Å². The summed E-state index contributed by atoms with van der Waals surface area (Å²) in [4.78, 5) is 12.4. The quantitative estimate of drug-likeness (QED) is 0.501. The molecule has 0 aliphatic carbocycles. The Kier molecular flexibility index (Phi) is 4.62. The lowest BCUT2D eigenvalue weighted by atomic mass is 10.1. The van der Waals surface area contributed by atoms with Crippen molar-refractivity contribution in [3.8, 4) is 23.0 Å². The van der Waals surface area contributed by atoms with Gasteiger partial charge in [-0.2, -0.15) is 0 Å². The van der Waals surface area contributed by atoms with Crippen LogP contribution in [0.15, 0.2) is 52.1 Å². The second-order valence-electron chi connectivity index (χ2n) is 5.76. The lowest BCUT2D eigenvalue weighted by Gasteiger charge is -2.18. The summed E-state index contributed by atoms with van der Waals surface area (Å²) in [5.41, 5.74) is 2.52. The number of benzene rings is 2. The minimum absolute atomic E-state index is 0.0392. The third-order valence-electron chi connectivity index (χ3n) is 3.97. The summed E-state index contributed by atoms with van der Waals surface area (Å²) >= 11 is 1.22. The van der Waals surface area contributed by atoms with Gasteiger partial charge in [0.2, 0.25) is 5.89 Å². The minimum atomic E-state index is -0.0392. The molecule has 0 atom stereocenters. The van der Waals surface area contributed by atoms with Gasteiger partial charge < -0.3 is 13.9 Å². The number of Topliss-reactive ketones (excluding diaryl/α,β-unsaturated/α-hetero) is 1. The lowest BCUT2D eigenvalue weighted by Crippen LogP contribution is -2.16. The van der Waals surface area contributed by atoms with Gasteiger partial charge in [0.05, 0.1) is 5.75 Å². The number of hydrogen-bond donors (Lipinski definition) is 0. The van der Waals surface area contributed by atoms with Crippen LogP contribution in [0.4, 0.5) is 0 Å². The molecule has 1 aromatic heterocycles. The molecular weight excluding hydrogens is 352 g/mol. The molecule has 3 aromatic rings. The Morgan fingerprint density at radius 3 is 2.73 bits per heavy atom. The van der Waals surface area contributed by atoms with E-state index in [1.54, 1.807) is 18.2 Å². The predicted octanol–water partition coefficient (Wildman–Crippen LogP) is 3.79. The highest BCUT2D eigenvalue weighted by atomic mass is 32.2. The molecule has 132 valence electrons. The number of hydrogen-bond acceptors (Lipinski definition) is 7. The molecule has 1 aliphatic rings. The van der Waals surface area contributed by atoms with Crippen molar-refractivity contribution in [3.05, 3.63) is 53.6 Å². The lowest BCUT2D eigenvalue weighted by molar-refractivity contribution is 0.102. The van der Waals surface area contributed by atoms with Gasteiger partial charge in [0.1, 0.15) is 13.2 Å². The first-order valence-corrected chi connectivity index (χ1v) is 9.14. The van der Waals surface area contributed by atoms with E-state index in [9.17, 15) is 4.79 Å². The van der Waals surface area contributed by atoms with Gasteiger partial charge in [0.25, 0.3) is 5.22 Å². The van der Waals surface area contributed by atoms with E-state index in [0.29, 0.717) is 41.4 Å². The Hall–Kier alpha value is -2.80. The molecule has 1 aliphatic heterocycles. The van der Waals surface area contributed by atoms with Crippen LogP contribution >= 0.6 is 11.8 Å². The van der Waals surface area contributed by atoms with Crippen LogP contribution in [0.2, 0.25) is 0 Å². The van der Waals surface area contributed by atoms with Crippen LogP contribution in [0.1, 0.15) is 15.9 Å². The third-order valence-corrected chi connectivity index (χ3v) is 4.79. The molecule has 7 heteroatoms.